The van der Waals surface area contributed by atoms with Crippen LogP contribution in [0, 0.1) is 35.5 Å². The van der Waals surface area contributed by atoms with Crippen LogP contribution in [0.4, 0.5) is 17.7 Å². The third-order valence-corrected chi connectivity index (χ3v) is 26.2. The summed E-state index contributed by atoms with van der Waals surface area (Å²) in [7, 11) is 6.34. The first-order chi connectivity index (χ1) is 65.4. The van der Waals surface area contributed by atoms with E-state index in [4.69, 9.17) is 92.0 Å². The zero-order valence-corrected chi connectivity index (χ0v) is 80.7. The molecule has 2 bridgehead atoms. The van der Waals surface area contributed by atoms with Crippen molar-refractivity contribution in [1.29, 1.82) is 0 Å². The Morgan fingerprint density at radius 1 is 0.659 bits per heavy atom. The van der Waals surface area contributed by atoms with Crippen molar-refractivity contribution in [3.8, 4) is 17.1 Å². The molecule has 1 saturated carbocycles. The van der Waals surface area contributed by atoms with Gasteiger partial charge in [-0.3, -0.25) is 19.2 Å². The molecule has 5 aromatic heterocycles. The van der Waals surface area contributed by atoms with Crippen molar-refractivity contribution in [2.45, 2.75) is 218 Å². The lowest BCUT2D eigenvalue weighted by molar-refractivity contribution is -0.265. The van der Waals surface area contributed by atoms with Crippen LogP contribution in [-0.4, -0.2) is 333 Å². The number of hydrogen-bond acceptors (Lipinski definition) is 34. The number of benzene rings is 1. The highest BCUT2D eigenvalue weighted by molar-refractivity contribution is 6.39. The van der Waals surface area contributed by atoms with Crippen LogP contribution in [0.25, 0.3) is 39.2 Å². The highest BCUT2D eigenvalue weighted by atomic mass is 16.6. The van der Waals surface area contributed by atoms with E-state index in [-0.39, 0.29) is 85.2 Å². The maximum atomic E-state index is 15.0. The normalized spacial score (nSPS) is 26.9. The first-order valence-electron chi connectivity index (χ1n) is 48.0. The highest BCUT2D eigenvalue weighted by Gasteiger charge is 2.53. The number of aliphatic hydroxyl groups excluding tert-OH is 1. The van der Waals surface area contributed by atoms with Gasteiger partial charge in [-0.15, -0.1) is 5.10 Å². The molecule has 0 radical (unpaired) electrons. The Morgan fingerprint density at radius 3 is 2.00 bits per heavy atom. The average Bonchev–Trinajstić information content (AvgIpc) is 1.64. The maximum absolute atomic E-state index is 15.0. The first-order valence-corrected chi connectivity index (χ1v) is 48.0. The number of carbonyl (C=O) groups excluding carboxylic acids is 5. The summed E-state index contributed by atoms with van der Waals surface area (Å²) in [4.78, 5) is 98.6. The minimum Gasteiger partial charge on any atom is -0.460 e. The largest absolute Gasteiger partial charge is 0.460 e. The van der Waals surface area contributed by atoms with E-state index < -0.39 is 77.9 Å². The number of nitrogens with two attached hydrogens (primary N) is 2. The van der Waals surface area contributed by atoms with Gasteiger partial charge in [-0.05, 0) is 144 Å². The summed E-state index contributed by atoms with van der Waals surface area (Å²) < 4.78 is 97.7. The summed E-state index contributed by atoms with van der Waals surface area (Å²) in [6, 6.07) is 6.23. The molecule has 2 amide bonds. The number of piperazine rings is 1. The Balaban J connectivity index is 0.505. The van der Waals surface area contributed by atoms with Crippen LogP contribution < -0.4 is 16.4 Å². The average molecular weight is 1890 g/mol. The summed E-state index contributed by atoms with van der Waals surface area (Å²) in [5.74, 6) is -5.46. The number of ether oxygens (including phenoxy) is 15. The van der Waals surface area contributed by atoms with E-state index in [0.717, 1.165) is 55.4 Å². The zero-order chi connectivity index (χ0) is 96.2. The molecule has 4 aliphatic heterocycles. The standard InChI is InChI=1S/C97H145N15O23/c1-64-19-13-12-14-20-65(2)79(120-8)58-74-26-23-70(7)97(119,135-74)91(116)94(117)111-30-17-15-22-76(111)95(118)133-81(59-80(121-9)66(3)54-69(6)89(115)90(123-11)88(114)68(5)53-64)67(4)55-71-24-27-78(82(56-71)122-10)132-36-18-16-21-73-61-110(107-105-73)35-38-125-40-42-127-44-46-129-48-50-131-52-51-130-49-47-128-45-43-126-41-39-124-37-29-85(113)109-33-31-108(32-34-109)83-60-84(101-62-100-83)112-93-86(92(98)102-63-103-93)87(106-112)72-25-28-77-75(57-72)104-96(99)134-77/h12-14,19-20,25,28,54,57,60-64,66-68,70-71,74,76,78-82,89-90,115,119H,15-18,21-24,26-27,29-53,55-56,58-59H2,1-11H3,(H2,99,104)(H2,98,102,103)/b14-12+,19-13+,65-20+,69-54+/t64-,66-,67-,68-,70-,71+,74+,76+,78-,79+,80-,81+,82-,89-,90+,97-/m1/s1. The van der Waals surface area contributed by atoms with E-state index in [0.29, 0.717) is 235 Å². The van der Waals surface area contributed by atoms with Crippen molar-refractivity contribution >= 4 is 69.1 Å². The summed E-state index contributed by atoms with van der Waals surface area (Å²) in [6.07, 6.45) is 20.5. The molecule has 6 aromatic rings. The molecule has 11 rings (SSSR count). The van der Waals surface area contributed by atoms with Gasteiger partial charge in [-0.2, -0.15) is 14.8 Å². The molecule has 1 aromatic carbocycles. The van der Waals surface area contributed by atoms with Crippen molar-refractivity contribution in [3.05, 3.63) is 96.4 Å². The lowest BCUT2D eigenvalue weighted by Gasteiger charge is -2.43. The molecule has 38 heteroatoms. The number of allylic oxidation sites excluding steroid dienone is 5. The number of nitrogens with zero attached hydrogens (tertiary/aromatic N) is 13. The monoisotopic (exact) mass is 1890 g/mol. The first kappa shape index (κ1) is 106. The van der Waals surface area contributed by atoms with Crippen LogP contribution >= 0.6 is 0 Å². The Labute approximate surface area is 791 Å². The number of fused-ring (bicyclic) bond motifs is 5. The van der Waals surface area contributed by atoms with Gasteiger partial charge in [-0.1, -0.05) is 76.3 Å². The van der Waals surface area contributed by atoms with Gasteiger partial charge in [0.2, 0.25) is 11.7 Å². The number of carbonyl (C=O) groups is 5. The minimum atomic E-state index is -2.44. The van der Waals surface area contributed by atoms with Crippen molar-refractivity contribution in [3.63, 3.8) is 0 Å². The number of unbranched alkanes of at least 4 members (excludes halogenated alkanes) is 1. The number of methoxy groups -OCH3 is 4. The van der Waals surface area contributed by atoms with Crippen LogP contribution in [0.3, 0.4) is 0 Å². The number of aryl methyl sites for hydroxylation is 1. The topological polar surface area (TPSA) is 452 Å². The van der Waals surface area contributed by atoms with E-state index >= 15 is 0 Å². The lowest BCUT2D eigenvalue weighted by atomic mass is 9.78. The predicted octanol–water partition coefficient (Wildman–Crippen LogP) is 9.03. The van der Waals surface area contributed by atoms with E-state index in [1.54, 1.807) is 50.6 Å². The minimum absolute atomic E-state index is 0.0212. The van der Waals surface area contributed by atoms with E-state index in [1.807, 2.05) is 93.4 Å². The SMILES string of the molecule is CO[C@H]1C[C@@H]2CC[C@@H](C)[C@@](O)(O2)C(=O)C(=O)N2CCCC[C@H]2C(=O)O[C@H]([C@H](C)C[C@@H]2CC[C@@H](OCCCCc3cn(CCOCCOCCOCCOCCOCCOCCOCCOCCC(=O)N4CCN(c5cc(-n6nc(-c7ccc8oc(N)nc8c7)c7c(N)ncnc76)ncn5)CC4)nn3)[C@H](OC)C2)C[C@@H](OC)[C@H](C)/C=C(\C)[C@@H](O)[C@@H](OC)C(=O)[C@H](C)C[C@H](C)/C=C/C=C/C=C/1C. The lowest BCUT2D eigenvalue weighted by Crippen LogP contribution is -2.61. The van der Waals surface area contributed by atoms with E-state index in [1.165, 1.54) is 24.7 Å². The van der Waals surface area contributed by atoms with Crippen LogP contribution in [0.2, 0.25) is 0 Å². The Bertz CT molecular complexity index is 4790. The number of nitrogen functional groups attached to an aromatic ring is 2. The van der Waals surface area contributed by atoms with Crippen LogP contribution in [-0.2, 0) is 108 Å². The van der Waals surface area contributed by atoms with Crippen molar-refractivity contribution in [2.75, 3.05) is 190 Å². The van der Waals surface area contributed by atoms with Crippen molar-refractivity contribution < 1.29 is 110 Å². The van der Waals surface area contributed by atoms with Gasteiger partial charge in [0.1, 0.15) is 59.9 Å². The molecule has 0 unspecified atom stereocenters. The molecule has 135 heavy (non-hydrogen) atoms. The Hall–Kier alpha value is -9.07. The number of aromatic nitrogens is 10. The van der Waals surface area contributed by atoms with Crippen LogP contribution in [0.1, 0.15) is 150 Å². The number of rotatable bonds is 43. The smallest absolute Gasteiger partial charge is 0.329 e. The fourth-order valence-corrected chi connectivity index (χ4v) is 18.3. The predicted molar refractivity (Wildman–Crippen MR) is 502 cm³/mol. The third-order valence-electron chi connectivity index (χ3n) is 26.2. The molecule has 4 fully saturated rings. The Kier molecular flexibility index (Phi) is 43.3. The number of cyclic esters (lactones) is 1. The molecule has 5 aliphatic rings. The summed E-state index contributed by atoms with van der Waals surface area (Å²) in [6.45, 7) is 23.4. The summed E-state index contributed by atoms with van der Waals surface area (Å²) in [5.41, 5.74) is 17.3. The fraction of sp³-hybridized carbons (Fsp3) is 0.680. The van der Waals surface area contributed by atoms with Gasteiger partial charge in [0.25, 0.3) is 17.7 Å². The number of aliphatic hydroxyl groups is 2. The quantitative estimate of drug-likeness (QED) is 0.0120. The number of ketones is 2. The van der Waals surface area contributed by atoms with E-state index in [9.17, 15) is 34.2 Å². The molecule has 1 aliphatic carbocycles. The molecule has 38 nitrogen and oxygen atoms in total. The number of anilines is 3. The molecule has 16 atom stereocenters. The molecule has 3 saturated heterocycles. The van der Waals surface area contributed by atoms with Gasteiger partial charge >= 0.3 is 5.97 Å². The second-order valence-electron chi connectivity index (χ2n) is 36.0. The number of hydrogen-bond donors (Lipinski definition) is 4. The van der Waals surface area contributed by atoms with Gasteiger partial charge < -0.3 is 112 Å². The summed E-state index contributed by atoms with van der Waals surface area (Å²) in [5, 5.41) is 38.2. The van der Waals surface area contributed by atoms with Crippen molar-refractivity contribution in [1.82, 2.24) is 59.5 Å². The maximum Gasteiger partial charge on any atom is 0.329 e. The number of oxazole rings is 1. The number of piperidine rings is 1. The molecule has 6 N–H and O–H groups in total. The number of esters is 1. The molecule has 0 spiro atoms. The number of amides is 2. The van der Waals surface area contributed by atoms with E-state index in [2.05, 4.69) is 47.1 Å². The second-order valence-corrected chi connectivity index (χ2v) is 36.0. The fourth-order valence-electron chi connectivity index (χ4n) is 18.3. The second kappa shape index (κ2) is 54.9. The zero-order valence-electron chi connectivity index (χ0n) is 80.7. The van der Waals surface area contributed by atoms with Crippen LogP contribution in [0.15, 0.2) is 95.1 Å². The van der Waals surface area contributed by atoms with Crippen LogP contribution in [0.5, 0.6) is 0 Å². The third kappa shape index (κ3) is 31.2. The van der Waals surface area contributed by atoms with Gasteiger partial charge in [0, 0.05) is 116 Å². The Morgan fingerprint density at radius 2 is 1.33 bits per heavy atom. The van der Waals surface area contributed by atoms with Gasteiger partial charge in [-0.25, -0.2) is 29.4 Å². The molecule has 9 heterocycles. The molecule has 746 valence electrons. The van der Waals surface area contributed by atoms with Gasteiger partial charge in [0.05, 0.1) is 160 Å². The summed E-state index contributed by atoms with van der Waals surface area (Å²) >= 11 is 0. The molecular formula is C97H145N15O23. The highest BCUT2D eigenvalue weighted by Crippen LogP contribution is 2.40. The molecular weight excluding hydrogens is 1740 g/mol. The van der Waals surface area contributed by atoms with Gasteiger partial charge in [0.15, 0.2) is 22.8 Å². The number of Topliss-reactive ketones (excluding diaryl/α,β-unsaturated/α-hetero) is 2. The van der Waals surface area contributed by atoms with Crippen molar-refractivity contribution in [2.24, 2.45) is 35.5 Å².